The smallest absolute Gasteiger partial charge is 0.244 e. The van der Waals surface area contributed by atoms with Crippen LogP contribution < -0.4 is 10.1 Å². The Morgan fingerprint density at radius 1 is 1.24 bits per heavy atom. The second kappa shape index (κ2) is 9.43. The van der Waals surface area contributed by atoms with E-state index in [1.54, 1.807) is 34.9 Å². The summed E-state index contributed by atoms with van der Waals surface area (Å²) in [6.45, 7) is 4.68. The number of H-pyrrole nitrogens is 1. The molecule has 1 amide bonds. The third kappa shape index (κ3) is 5.59. The van der Waals surface area contributed by atoms with Crippen LogP contribution in [0.1, 0.15) is 13.8 Å². The number of anilines is 1. The van der Waals surface area contributed by atoms with Gasteiger partial charge in [-0.15, -0.1) is 0 Å². The van der Waals surface area contributed by atoms with Crippen LogP contribution in [0.15, 0.2) is 42.5 Å². The third-order valence-electron chi connectivity index (χ3n) is 3.95. The van der Waals surface area contributed by atoms with Crippen LogP contribution in [-0.2, 0) is 11.3 Å². The molecule has 1 heterocycles. The average Bonchev–Trinajstić information content (AvgIpc) is 3.02. The Balaban J connectivity index is 1.72. The number of carbonyl (C=O) groups excluding carboxylic acids is 1. The van der Waals surface area contributed by atoms with Gasteiger partial charge in [0.15, 0.2) is 10.6 Å². The molecular formula is C20H20Cl2N4O2S. The largest absolute Gasteiger partial charge is 0.492 e. The molecule has 9 heteroatoms. The first-order chi connectivity index (χ1) is 13.8. The first kappa shape index (κ1) is 21.4. The van der Waals surface area contributed by atoms with Crippen molar-refractivity contribution >= 4 is 47.0 Å². The topological polar surface area (TPSA) is 71.9 Å². The average molecular weight is 451 g/mol. The molecule has 0 unspecified atom stereocenters. The molecule has 3 aromatic rings. The minimum Gasteiger partial charge on any atom is -0.492 e. The van der Waals surface area contributed by atoms with Gasteiger partial charge >= 0.3 is 0 Å². The molecule has 0 aliphatic heterocycles. The molecule has 0 radical (unpaired) electrons. The van der Waals surface area contributed by atoms with Gasteiger partial charge in [-0.2, -0.15) is 5.10 Å². The zero-order chi connectivity index (χ0) is 21.0. The van der Waals surface area contributed by atoms with Crippen molar-refractivity contribution in [2.24, 2.45) is 5.92 Å². The number of carbonyl (C=O) groups is 1. The van der Waals surface area contributed by atoms with Crippen LogP contribution in [0.5, 0.6) is 5.75 Å². The molecule has 0 aliphatic carbocycles. The fourth-order valence-electron chi connectivity index (χ4n) is 2.58. The van der Waals surface area contributed by atoms with Crippen LogP contribution in [0.2, 0.25) is 10.0 Å². The van der Waals surface area contributed by atoms with E-state index in [9.17, 15) is 4.79 Å². The second-order valence-electron chi connectivity index (χ2n) is 6.84. The monoisotopic (exact) mass is 450 g/mol. The molecule has 0 spiro atoms. The molecule has 2 aromatic carbocycles. The summed E-state index contributed by atoms with van der Waals surface area (Å²) in [5.41, 5.74) is 1.37. The maximum absolute atomic E-state index is 12.6. The fraction of sp³-hybridized carbons (Fsp3) is 0.250. The number of hydrogen-bond donors (Lipinski definition) is 2. The van der Waals surface area contributed by atoms with Gasteiger partial charge in [0.05, 0.1) is 11.6 Å². The van der Waals surface area contributed by atoms with Gasteiger partial charge < -0.3 is 10.1 Å². The molecule has 0 saturated carbocycles. The number of nitrogens with one attached hydrogen (secondary N) is 2. The second-order valence-corrected chi connectivity index (χ2v) is 8.07. The molecule has 0 atom stereocenters. The van der Waals surface area contributed by atoms with Crippen LogP contribution >= 0.6 is 35.4 Å². The summed E-state index contributed by atoms with van der Waals surface area (Å²) in [6.07, 6.45) is 0. The summed E-state index contributed by atoms with van der Waals surface area (Å²) in [5.74, 6) is 1.27. The van der Waals surface area contributed by atoms with Crippen LogP contribution in [0.4, 0.5) is 5.69 Å². The molecule has 0 fully saturated rings. The predicted octanol–water partition coefficient (Wildman–Crippen LogP) is 5.59. The standard InChI is InChI=1S/C20H20Cl2N4O2S/c1-12(2)11-28-17-8-7-15(9-16(17)22)23-18(27)10-26-19(24-25-20(26)29)13-3-5-14(21)6-4-13/h3-9,12H,10-11H2,1-2H3,(H,23,27)(H,25,29). The normalized spacial score (nSPS) is 10.9. The lowest BCUT2D eigenvalue weighted by Crippen LogP contribution is -2.19. The van der Waals surface area contributed by atoms with Gasteiger partial charge in [0.25, 0.3) is 0 Å². The summed E-state index contributed by atoms with van der Waals surface area (Å²) >= 11 is 17.5. The lowest BCUT2D eigenvalue weighted by Gasteiger charge is -2.12. The number of aromatic nitrogens is 3. The van der Waals surface area contributed by atoms with Crippen molar-refractivity contribution in [1.29, 1.82) is 0 Å². The molecular weight excluding hydrogens is 431 g/mol. The number of nitrogens with zero attached hydrogens (tertiary/aromatic N) is 2. The van der Waals surface area contributed by atoms with Gasteiger partial charge in [0.1, 0.15) is 12.3 Å². The molecule has 3 rings (SSSR count). The Hall–Kier alpha value is -2.35. The van der Waals surface area contributed by atoms with Gasteiger partial charge in [0, 0.05) is 16.3 Å². The summed E-state index contributed by atoms with van der Waals surface area (Å²) in [6, 6.07) is 12.3. The molecule has 0 bridgehead atoms. The Kier molecular flexibility index (Phi) is 6.95. The Bertz CT molecular complexity index is 1060. The van der Waals surface area contributed by atoms with Crippen molar-refractivity contribution in [2.75, 3.05) is 11.9 Å². The van der Waals surface area contributed by atoms with Crippen molar-refractivity contribution in [3.8, 4) is 17.1 Å². The fourth-order valence-corrected chi connectivity index (χ4v) is 3.14. The van der Waals surface area contributed by atoms with E-state index in [0.29, 0.717) is 44.6 Å². The Morgan fingerprint density at radius 2 is 1.97 bits per heavy atom. The number of benzene rings is 2. The van der Waals surface area contributed by atoms with E-state index in [0.717, 1.165) is 5.56 Å². The van der Waals surface area contributed by atoms with Crippen molar-refractivity contribution in [3.63, 3.8) is 0 Å². The first-order valence-electron chi connectivity index (χ1n) is 8.97. The zero-order valence-corrected chi connectivity index (χ0v) is 18.2. The van der Waals surface area contributed by atoms with Crippen molar-refractivity contribution < 1.29 is 9.53 Å². The number of ether oxygens (including phenoxy) is 1. The number of amides is 1. The quantitative estimate of drug-likeness (QED) is 0.460. The highest BCUT2D eigenvalue weighted by molar-refractivity contribution is 7.71. The predicted molar refractivity (Wildman–Crippen MR) is 118 cm³/mol. The molecule has 1 aromatic heterocycles. The number of rotatable bonds is 7. The summed E-state index contributed by atoms with van der Waals surface area (Å²) < 4.78 is 7.62. The van der Waals surface area contributed by atoms with Crippen molar-refractivity contribution in [3.05, 3.63) is 57.3 Å². The molecule has 0 aliphatic rings. The van der Waals surface area contributed by atoms with Crippen LogP contribution in [-0.4, -0.2) is 27.3 Å². The van der Waals surface area contributed by atoms with E-state index in [2.05, 4.69) is 29.4 Å². The van der Waals surface area contributed by atoms with Crippen LogP contribution in [0.3, 0.4) is 0 Å². The minimum absolute atomic E-state index is 0.00346. The maximum atomic E-state index is 12.6. The van der Waals surface area contributed by atoms with Crippen LogP contribution in [0.25, 0.3) is 11.4 Å². The molecule has 152 valence electrons. The van der Waals surface area contributed by atoms with Gasteiger partial charge in [-0.1, -0.05) is 37.0 Å². The summed E-state index contributed by atoms with van der Waals surface area (Å²) in [5, 5.41) is 10.8. The minimum atomic E-state index is -0.260. The lowest BCUT2D eigenvalue weighted by molar-refractivity contribution is -0.116. The highest BCUT2D eigenvalue weighted by Crippen LogP contribution is 2.28. The van der Waals surface area contributed by atoms with Crippen molar-refractivity contribution in [1.82, 2.24) is 14.8 Å². The van der Waals surface area contributed by atoms with E-state index in [1.165, 1.54) is 0 Å². The molecule has 29 heavy (non-hydrogen) atoms. The van der Waals surface area contributed by atoms with Gasteiger partial charge in [-0.3, -0.25) is 14.5 Å². The maximum Gasteiger partial charge on any atom is 0.244 e. The summed E-state index contributed by atoms with van der Waals surface area (Å²) in [4.78, 5) is 12.6. The third-order valence-corrected chi connectivity index (χ3v) is 4.81. The number of aromatic amines is 1. The lowest BCUT2D eigenvalue weighted by atomic mass is 10.2. The van der Waals surface area contributed by atoms with E-state index < -0.39 is 0 Å². The molecule has 2 N–H and O–H groups in total. The number of hydrogen-bond acceptors (Lipinski definition) is 4. The highest BCUT2D eigenvalue weighted by Gasteiger charge is 2.13. The Labute approximate surface area is 183 Å². The molecule has 6 nitrogen and oxygen atoms in total. The van der Waals surface area contributed by atoms with Crippen LogP contribution in [0, 0.1) is 10.7 Å². The van der Waals surface area contributed by atoms with E-state index in [-0.39, 0.29) is 12.5 Å². The zero-order valence-electron chi connectivity index (χ0n) is 15.9. The van der Waals surface area contributed by atoms with Gasteiger partial charge in [-0.05, 0) is 60.6 Å². The highest BCUT2D eigenvalue weighted by atomic mass is 35.5. The van der Waals surface area contributed by atoms with E-state index in [4.69, 9.17) is 40.2 Å². The van der Waals surface area contributed by atoms with Gasteiger partial charge in [-0.25, -0.2) is 0 Å². The summed E-state index contributed by atoms with van der Waals surface area (Å²) in [7, 11) is 0. The van der Waals surface area contributed by atoms with E-state index in [1.807, 2.05) is 12.1 Å². The molecule has 0 saturated heterocycles. The van der Waals surface area contributed by atoms with Gasteiger partial charge in [0.2, 0.25) is 5.91 Å². The van der Waals surface area contributed by atoms with Crippen molar-refractivity contribution in [2.45, 2.75) is 20.4 Å². The number of halogens is 2. The van der Waals surface area contributed by atoms with E-state index >= 15 is 0 Å². The SMILES string of the molecule is CC(C)COc1ccc(NC(=O)Cn2c(-c3ccc(Cl)cc3)n[nH]c2=S)cc1Cl. The first-order valence-corrected chi connectivity index (χ1v) is 10.1. The Morgan fingerprint density at radius 3 is 2.62 bits per heavy atom.